The lowest BCUT2D eigenvalue weighted by atomic mass is 9.82. The molecule has 0 saturated carbocycles. The number of benzene rings is 8. The lowest BCUT2D eigenvalue weighted by Gasteiger charge is -2.29. The summed E-state index contributed by atoms with van der Waals surface area (Å²) in [4.78, 5) is 2.44. The van der Waals surface area contributed by atoms with Crippen LogP contribution in [-0.2, 0) is 5.41 Å². The molecule has 0 saturated heterocycles. The van der Waals surface area contributed by atoms with Crippen LogP contribution >= 0.6 is 11.3 Å². The van der Waals surface area contributed by atoms with Crippen molar-refractivity contribution in [3.8, 4) is 33.4 Å². The van der Waals surface area contributed by atoms with Crippen LogP contribution in [0.1, 0.15) is 25.0 Å². The van der Waals surface area contributed by atoms with Gasteiger partial charge >= 0.3 is 0 Å². The van der Waals surface area contributed by atoms with E-state index in [2.05, 4.69) is 195 Å². The zero-order valence-corrected chi connectivity index (χ0v) is 29.4. The molecule has 0 amide bonds. The van der Waals surface area contributed by atoms with Crippen molar-refractivity contribution in [1.82, 2.24) is 0 Å². The zero-order chi connectivity index (χ0) is 34.1. The van der Waals surface area contributed by atoms with Crippen LogP contribution in [0.3, 0.4) is 0 Å². The van der Waals surface area contributed by atoms with E-state index in [1.54, 1.807) is 0 Å². The molecular weight excluding hydrogens is 635 g/mol. The Morgan fingerprint density at radius 1 is 0.431 bits per heavy atom. The van der Waals surface area contributed by atoms with E-state index in [1.165, 1.54) is 81.1 Å². The summed E-state index contributed by atoms with van der Waals surface area (Å²) < 4.78 is 2.69. The van der Waals surface area contributed by atoms with Crippen LogP contribution < -0.4 is 4.90 Å². The van der Waals surface area contributed by atoms with E-state index < -0.39 is 0 Å². The second-order valence-electron chi connectivity index (χ2n) is 14.2. The largest absolute Gasteiger partial charge is 0.310 e. The highest BCUT2D eigenvalue weighted by atomic mass is 32.1. The van der Waals surface area contributed by atoms with Crippen molar-refractivity contribution < 1.29 is 0 Å². The molecule has 0 N–H and O–H groups in total. The van der Waals surface area contributed by atoms with Crippen LogP contribution in [0.25, 0.3) is 64.3 Å². The van der Waals surface area contributed by atoms with Crippen molar-refractivity contribution in [1.29, 1.82) is 0 Å². The number of hydrogen-bond acceptors (Lipinski definition) is 2. The van der Waals surface area contributed by atoms with E-state index in [-0.39, 0.29) is 5.41 Å². The van der Waals surface area contributed by atoms with E-state index in [0.29, 0.717) is 0 Å². The number of nitrogens with zero attached hydrogens (tertiary/aromatic N) is 1. The fourth-order valence-electron chi connectivity index (χ4n) is 8.23. The standard InChI is InChI=1S/C49H35NS/c1-49(2)43-15-8-6-14-41(43)48-44(49)16-10-17-45(48)50(38-25-21-33(22-26-38)32-11-4-3-5-12-32)39-27-23-34(24-28-39)35-19-20-36-31-47-42(30-37(36)29-35)40-13-7-9-18-46(40)51-47/h3-31H,1-2H3. The lowest BCUT2D eigenvalue weighted by Crippen LogP contribution is -2.16. The molecule has 0 radical (unpaired) electrons. The van der Waals surface area contributed by atoms with Gasteiger partial charge in [-0.25, -0.2) is 0 Å². The van der Waals surface area contributed by atoms with Crippen molar-refractivity contribution in [3.05, 3.63) is 187 Å². The summed E-state index contributed by atoms with van der Waals surface area (Å²) in [7, 11) is 0. The first kappa shape index (κ1) is 29.9. The first-order valence-electron chi connectivity index (χ1n) is 17.7. The number of thiophene rings is 1. The van der Waals surface area contributed by atoms with E-state index in [4.69, 9.17) is 0 Å². The molecule has 9 aromatic rings. The normalized spacial score (nSPS) is 13.1. The predicted molar refractivity (Wildman–Crippen MR) is 220 cm³/mol. The first-order chi connectivity index (χ1) is 25.0. The minimum atomic E-state index is -0.0778. The number of rotatable bonds is 5. The summed E-state index contributed by atoms with van der Waals surface area (Å²) in [5.74, 6) is 0. The van der Waals surface area contributed by atoms with Crippen LogP contribution in [0.5, 0.6) is 0 Å². The van der Waals surface area contributed by atoms with Gasteiger partial charge in [-0.3, -0.25) is 0 Å². The maximum Gasteiger partial charge on any atom is 0.0543 e. The molecule has 1 heterocycles. The van der Waals surface area contributed by atoms with Gasteiger partial charge in [0.1, 0.15) is 0 Å². The molecule has 0 fully saturated rings. The maximum atomic E-state index is 2.44. The van der Waals surface area contributed by atoms with Crippen molar-refractivity contribution in [2.45, 2.75) is 19.3 Å². The molecule has 8 aromatic carbocycles. The van der Waals surface area contributed by atoms with Gasteiger partial charge in [-0.15, -0.1) is 11.3 Å². The van der Waals surface area contributed by atoms with E-state index in [9.17, 15) is 0 Å². The van der Waals surface area contributed by atoms with Crippen LogP contribution in [0.15, 0.2) is 176 Å². The first-order valence-corrected chi connectivity index (χ1v) is 18.5. The third-order valence-electron chi connectivity index (χ3n) is 10.9. The van der Waals surface area contributed by atoms with Crippen LogP contribution in [0.2, 0.25) is 0 Å². The summed E-state index contributed by atoms with van der Waals surface area (Å²) in [6.45, 7) is 4.70. The molecule has 0 aliphatic heterocycles. The topological polar surface area (TPSA) is 3.24 Å². The number of fused-ring (bicyclic) bond motifs is 7. The number of hydrogen-bond donors (Lipinski definition) is 0. The maximum absolute atomic E-state index is 2.44. The van der Waals surface area contributed by atoms with Crippen LogP contribution in [0.4, 0.5) is 17.1 Å². The van der Waals surface area contributed by atoms with Crippen LogP contribution in [0, 0.1) is 0 Å². The Hall–Kier alpha value is -5.96. The molecule has 1 nitrogen and oxygen atoms in total. The lowest BCUT2D eigenvalue weighted by molar-refractivity contribution is 0.660. The molecule has 2 heteroatoms. The summed E-state index contributed by atoms with van der Waals surface area (Å²) in [6.07, 6.45) is 0. The summed E-state index contributed by atoms with van der Waals surface area (Å²) >= 11 is 1.88. The molecule has 0 spiro atoms. The average Bonchev–Trinajstić information content (AvgIpc) is 3.66. The molecule has 10 rings (SSSR count). The summed E-state index contributed by atoms with van der Waals surface area (Å²) in [5.41, 5.74) is 13.6. The second kappa shape index (κ2) is 11.6. The summed E-state index contributed by atoms with van der Waals surface area (Å²) in [6, 6.07) is 64.8. The van der Waals surface area contributed by atoms with Gasteiger partial charge in [0.05, 0.1) is 5.69 Å². The minimum absolute atomic E-state index is 0.0778. The Labute approximate surface area is 302 Å². The Morgan fingerprint density at radius 2 is 1.06 bits per heavy atom. The Bertz CT molecular complexity index is 2750. The fourth-order valence-corrected chi connectivity index (χ4v) is 9.37. The Morgan fingerprint density at radius 3 is 1.84 bits per heavy atom. The highest BCUT2D eigenvalue weighted by molar-refractivity contribution is 7.25. The highest BCUT2D eigenvalue weighted by Crippen LogP contribution is 2.54. The minimum Gasteiger partial charge on any atom is -0.310 e. The average molecular weight is 670 g/mol. The monoisotopic (exact) mass is 669 g/mol. The molecule has 0 unspecified atom stereocenters. The van der Waals surface area contributed by atoms with Crippen LogP contribution in [-0.4, -0.2) is 0 Å². The third-order valence-corrected chi connectivity index (χ3v) is 12.0. The molecule has 1 aliphatic rings. The van der Waals surface area contributed by atoms with Gasteiger partial charge in [-0.05, 0) is 104 Å². The van der Waals surface area contributed by atoms with Gasteiger partial charge in [-0.2, -0.15) is 0 Å². The zero-order valence-electron chi connectivity index (χ0n) is 28.6. The fraction of sp³-hybridized carbons (Fsp3) is 0.0612. The number of anilines is 3. The van der Waals surface area contributed by atoms with Crippen molar-refractivity contribution in [2.24, 2.45) is 0 Å². The molecule has 0 atom stereocenters. The molecule has 1 aliphatic carbocycles. The molecule has 0 bridgehead atoms. The van der Waals surface area contributed by atoms with Gasteiger partial charge in [0, 0.05) is 42.5 Å². The molecular formula is C49H35NS. The van der Waals surface area contributed by atoms with Gasteiger partial charge < -0.3 is 4.90 Å². The SMILES string of the molecule is CC1(C)c2ccccc2-c2c(N(c3ccc(-c4ccccc4)cc3)c3ccc(-c4ccc5cc6sc7ccccc7c6cc5c4)cc3)cccc21. The van der Waals surface area contributed by atoms with E-state index in [1.807, 2.05) is 11.3 Å². The Balaban J connectivity index is 1.09. The smallest absolute Gasteiger partial charge is 0.0543 e. The molecule has 242 valence electrons. The quantitative estimate of drug-likeness (QED) is 0.176. The van der Waals surface area contributed by atoms with E-state index in [0.717, 1.165) is 11.4 Å². The highest BCUT2D eigenvalue weighted by Gasteiger charge is 2.37. The predicted octanol–water partition coefficient (Wildman–Crippen LogP) is 14.3. The van der Waals surface area contributed by atoms with Crippen molar-refractivity contribution >= 4 is 59.3 Å². The Kier molecular flexibility index (Phi) is 6.78. The van der Waals surface area contributed by atoms with Gasteiger partial charge in [-0.1, -0.05) is 135 Å². The molecule has 51 heavy (non-hydrogen) atoms. The van der Waals surface area contributed by atoms with Crippen molar-refractivity contribution in [3.63, 3.8) is 0 Å². The van der Waals surface area contributed by atoms with Gasteiger partial charge in [0.2, 0.25) is 0 Å². The van der Waals surface area contributed by atoms with Gasteiger partial charge in [0.25, 0.3) is 0 Å². The summed E-state index contributed by atoms with van der Waals surface area (Å²) in [5, 5.41) is 5.23. The van der Waals surface area contributed by atoms with Gasteiger partial charge in [0.15, 0.2) is 0 Å². The molecule has 1 aromatic heterocycles. The third kappa shape index (κ3) is 4.82. The van der Waals surface area contributed by atoms with E-state index >= 15 is 0 Å². The second-order valence-corrected chi connectivity index (χ2v) is 15.3. The van der Waals surface area contributed by atoms with Crippen molar-refractivity contribution in [2.75, 3.05) is 4.90 Å².